The van der Waals surface area contributed by atoms with Crippen molar-refractivity contribution >= 4 is 33.1 Å². The standard InChI is InChI=1S/C24H14N2O3/c1-13-6-7-18-21(16(11-25)12-26)23(27)19-9-8-17(20(13)22(18)19)14-4-3-5-15(10-14)24(28)29-2/h3-10H,1-2H3. The van der Waals surface area contributed by atoms with Crippen molar-refractivity contribution in [1.29, 1.82) is 10.5 Å². The van der Waals surface area contributed by atoms with Crippen LogP contribution in [-0.2, 0) is 4.74 Å². The molecule has 0 bridgehead atoms. The Kier molecular flexibility index (Phi) is 4.22. The average molecular weight is 378 g/mol. The molecule has 0 atom stereocenters. The van der Waals surface area contributed by atoms with Gasteiger partial charge in [-0.2, -0.15) is 10.5 Å². The highest BCUT2D eigenvalue weighted by molar-refractivity contribution is 6.18. The summed E-state index contributed by atoms with van der Waals surface area (Å²) in [5, 5.41) is 21.4. The minimum atomic E-state index is -0.428. The van der Waals surface area contributed by atoms with E-state index in [4.69, 9.17) is 4.74 Å². The molecule has 4 rings (SSSR count). The zero-order chi connectivity index (χ0) is 20.7. The van der Waals surface area contributed by atoms with Gasteiger partial charge < -0.3 is 4.74 Å². The Morgan fingerprint density at radius 1 is 0.966 bits per heavy atom. The van der Waals surface area contributed by atoms with Gasteiger partial charge in [0, 0.05) is 10.8 Å². The third-order valence-corrected chi connectivity index (χ3v) is 5.18. The highest BCUT2D eigenvalue weighted by atomic mass is 16.5. The molecule has 0 saturated heterocycles. The van der Waals surface area contributed by atoms with Gasteiger partial charge in [-0.3, -0.25) is 4.79 Å². The summed E-state index contributed by atoms with van der Waals surface area (Å²) >= 11 is 0. The highest BCUT2D eigenvalue weighted by Crippen LogP contribution is 2.35. The second-order valence-corrected chi connectivity index (χ2v) is 6.72. The molecule has 0 N–H and O–H groups in total. The van der Waals surface area contributed by atoms with Crippen molar-refractivity contribution in [2.75, 3.05) is 7.11 Å². The largest absolute Gasteiger partial charge is 0.465 e. The SMILES string of the molecule is COC(=O)c1cccc(-c2ccc3c(=O)c(=C(C#N)C#N)c4ccc(C)c2c34)c1. The van der Waals surface area contributed by atoms with Crippen LogP contribution in [0.2, 0.25) is 0 Å². The second kappa shape index (κ2) is 6.74. The van der Waals surface area contributed by atoms with Gasteiger partial charge >= 0.3 is 5.97 Å². The van der Waals surface area contributed by atoms with Gasteiger partial charge in [-0.15, -0.1) is 0 Å². The average Bonchev–Trinajstić information content (AvgIpc) is 3.04. The minimum absolute atomic E-state index is 0.149. The van der Waals surface area contributed by atoms with Gasteiger partial charge in [-0.25, -0.2) is 4.79 Å². The molecule has 0 aromatic heterocycles. The Bertz CT molecular complexity index is 1490. The predicted molar refractivity (Wildman–Crippen MR) is 110 cm³/mol. The van der Waals surface area contributed by atoms with Crippen molar-refractivity contribution in [2.45, 2.75) is 6.92 Å². The number of hydrogen-bond acceptors (Lipinski definition) is 5. The third kappa shape index (κ3) is 2.61. The fourth-order valence-electron chi connectivity index (χ4n) is 3.88. The van der Waals surface area contributed by atoms with Gasteiger partial charge in [-0.1, -0.05) is 30.3 Å². The summed E-state index contributed by atoms with van der Waals surface area (Å²) in [6.07, 6.45) is 0. The van der Waals surface area contributed by atoms with E-state index in [1.807, 2.05) is 37.3 Å². The van der Waals surface area contributed by atoms with Crippen LogP contribution in [0.4, 0.5) is 0 Å². The highest BCUT2D eigenvalue weighted by Gasteiger charge is 2.18. The molecule has 4 aromatic carbocycles. The van der Waals surface area contributed by atoms with Crippen molar-refractivity contribution in [3.63, 3.8) is 0 Å². The zero-order valence-corrected chi connectivity index (χ0v) is 15.7. The molecule has 0 amide bonds. The number of esters is 1. The van der Waals surface area contributed by atoms with E-state index in [0.29, 0.717) is 16.3 Å². The van der Waals surface area contributed by atoms with E-state index in [0.717, 1.165) is 27.5 Å². The Balaban J connectivity index is 2.17. The maximum Gasteiger partial charge on any atom is 0.337 e. The molecule has 0 aliphatic rings. The molecular weight excluding hydrogens is 364 g/mol. The Morgan fingerprint density at radius 3 is 2.38 bits per heavy atom. The van der Waals surface area contributed by atoms with Gasteiger partial charge in [0.2, 0.25) is 0 Å². The monoisotopic (exact) mass is 378 g/mol. The third-order valence-electron chi connectivity index (χ3n) is 5.18. The van der Waals surface area contributed by atoms with Gasteiger partial charge in [0.05, 0.1) is 17.9 Å². The Morgan fingerprint density at radius 2 is 1.69 bits per heavy atom. The van der Waals surface area contributed by atoms with Crippen LogP contribution in [0.25, 0.3) is 38.2 Å². The maximum absolute atomic E-state index is 13.0. The number of carbonyl (C=O) groups excluding carboxylic acids is 1. The van der Waals surface area contributed by atoms with E-state index in [2.05, 4.69) is 0 Å². The topological polar surface area (TPSA) is 90.9 Å². The molecule has 0 saturated carbocycles. The summed E-state index contributed by atoms with van der Waals surface area (Å²) < 4.78 is 4.81. The van der Waals surface area contributed by atoms with E-state index >= 15 is 0 Å². The van der Waals surface area contributed by atoms with Gasteiger partial charge in [0.15, 0.2) is 5.43 Å². The Labute approximate surface area is 166 Å². The van der Waals surface area contributed by atoms with Crippen molar-refractivity contribution in [3.05, 3.63) is 75.1 Å². The number of hydrogen-bond donors (Lipinski definition) is 0. The second-order valence-electron chi connectivity index (χ2n) is 6.72. The molecule has 138 valence electrons. The first-order valence-electron chi connectivity index (χ1n) is 8.86. The van der Waals surface area contributed by atoms with E-state index < -0.39 is 5.97 Å². The van der Waals surface area contributed by atoms with E-state index in [-0.39, 0.29) is 16.2 Å². The number of nitrogens with zero attached hydrogens (tertiary/aromatic N) is 2. The maximum atomic E-state index is 13.0. The number of rotatable bonds is 2. The fraction of sp³-hybridized carbons (Fsp3) is 0.0833. The molecule has 4 aromatic rings. The number of nitriles is 2. The van der Waals surface area contributed by atoms with Crippen molar-refractivity contribution in [1.82, 2.24) is 0 Å². The summed E-state index contributed by atoms with van der Waals surface area (Å²) in [4.78, 5) is 24.9. The summed E-state index contributed by atoms with van der Waals surface area (Å²) in [7, 11) is 1.33. The van der Waals surface area contributed by atoms with E-state index in [1.165, 1.54) is 7.11 Å². The van der Waals surface area contributed by atoms with Crippen LogP contribution in [0, 0.1) is 29.6 Å². The Hall–Kier alpha value is -4.22. The molecule has 0 spiro atoms. The fourth-order valence-corrected chi connectivity index (χ4v) is 3.88. The molecule has 0 heterocycles. The summed E-state index contributed by atoms with van der Waals surface area (Å²) in [6, 6.07) is 18.0. The number of carbonyl (C=O) groups is 1. The van der Waals surface area contributed by atoms with Crippen LogP contribution in [-0.4, -0.2) is 13.1 Å². The van der Waals surface area contributed by atoms with Crippen molar-refractivity contribution in [2.24, 2.45) is 0 Å². The summed E-state index contributed by atoms with van der Waals surface area (Å²) in [5.41, 5.74) is 2.55. The molecule has 29 heavy (non-hydrogen) atoms. The number of aryl methyl sites for hydroxylation is 1. The van der Waals surface area contributed by atoms with Gasteiger partial charge in [0.25, 0.3) is 0 Å². The van der Waals surface area contributed by atoms with Gasteiger partial charge in [-0.05, 0) is 52.6 Å². The molecule has 5 heteroatoms. The van der Waals surface area contributed by atoms with Crippen LogP contribution in [0.15, 0.2) is 53.3 Å². The molecule has 0 radical (unpaired) electrons. The quantitative estimate of drug-likeness (QED) is 0.498. The first-order chi connectivity index (χ1) is 14.0. The lowest BCUT2D eigenvalue weighted by atomic mass is 9.92. The van der Waals surface area contributed by atoms with Crippen LogP contribution < -0.4 is 10.6 Å². The van der Waals surface area contributed by atoms with Gasteiger partial charge in [0.1, 0.15) is 17.7 Å². The van der Waals surface area contributed by atoms with Crippen LogP contribution in [0.1, 0.15) is 15.9 Å². The molecule has 5 nitrogen and oxygen atoms in total. The van der Waals surface area contributed by atoms with Crippen LogP contribution in [0.5, 0.6) is 0 Å². The molecule has 0 unspecified atom stereocenters. The first-order valence-corrected chi connectivity index (χ1v) is 8.86. The molecule has 0 fully saturated rings. The number of ether oxygens (including phenoxy) is 1. The molecular formula is C24H14N2O3. The number of methoxy groups -OCH3 is 1. The first kappa shape index (κ1) is 18.2. The lowest BCUT2D eigenvalue weighted by Gasteiger charge is -2.11. The lowest BCUT2D eigenvalue weighted by Crippen LogP contribution is -2.21. The number of benzene rings is 3. The van der Waals surface area contributed by atoms with Crippen LogP contribution in [0.3, 0.4) is 0 Å². The van der Waals surface area contributed by atoms with E-state index in [9.17, 15) is 20.1 Å². The van der Waals surface area contributed by atoms with E-state index in [1.54, 1.807) is 30.3 Å². The summed E-state index contributed by atoms with van der Waals surface area (Å²) in [5.74, 6) is -0.428. The van der Waals surface area contributed by atoms with Crippen molar-refractivity contribution < 1.29 is 9.53 Å². The summed E-state index contributed by atoms with van der Waals surface area (Å²) in [6.45, 7) is 1.94. The molecule has 0 aliphatic carbocycles. The predicted octanol–water partition coefficient (Wildman–Crippen LogP) is 3.47. The molecule has 0 aliphatic heterocycles. The zero-order valence-electron chi connectivity index (χ0n) is 15.7. The normalized spacial score (nSPS) is 10.6. The smallest absolute Gasteiger partial charge is 0.337 e. The minimum Gasteiger partial charge on any atom is -0.465 e. The van der Waals surface area contributed by atoms with Crippen LogP contribution >= 0.6 is 0 Å². The van der Waals surface area contributed by atoms with Crippen molar-refractivity contribution in [3.8, 4) is 23.3 Å². The lowest BCUT2D eigenvalue weighted by molar-refractivity contribution is 0.0601.